The first kappa shape index (κ1) is 21.4. The van der Waals surface area contributed by atoms with Gasteiger partial charge in [0.2, 0.25) is 0 Å². The molecule has 0 unspecified atom stereocenters. The largest absolute Gasteiger partial charge is 0.383 e. The molecule has 26 heavy (non-hydrogen) atoms. The Hall–Kier alpha value is -0.890. The van der Waals surface area contributed by atoms with E-state index < -0.39 is 0 Å². The van der Waals surface area contributed by atoms with Crippen LogP contribution in [0.2, 0.25) is 0 Å². The highest BCUT2D eigenvalue weighted by molar-refractivity contribution is 5.79. The predicted octanol–water partition coefficient (Wildman–Crippen LogP) is 0.622. The molecule has 0 spiro atoms. The maximum Gasteiger partial charge on any atom is 0.191 e. The summed E-state index contributed by atoms with van der Waals surface area (Å²) < 4.78 is 10.6. The van der Waals surface area contributed by atoms with Gasteiger partial charge in [0.1, 0.15) is 0 Å². The maximum atomic E-state index is 5.40. The highest BCUT2D eigenvalue weighted by Gasteiger charge is 2.18. The predicted molar refractivity (Wildman–Crippen MR) is 107 cm³/mol. The minimum Gasteiger partial charge on any atom is -0.383 e. The highest BCUT2D eigenvalue weighted by atomic mass is 16.5. The third-order valence-electron chi connectivity index (χ3n) is 5.22. The number of morpholine rings is 1. The van der Waals surface area contributed by atoms with Crippen LogP contribution in [0.5, 0.6) is 0 Å². The molecule has 0 bridgehead atoms. The van der Waals surface area contributed by atoms with Crippen molar-refractivity contribution in [1.29, 1.82) is 0 Å². The van der Waals surface area contributed by atoms with Crippen molar-refractivity contribution in [3.63, 3.8) is 0 Å². The minimum atomic E-state index is 0.706. The average molecular weight is 370 g/mol. The highest BCUT2D eigenvalue weighted by Crippen LogP contribution is 2.17. The van der Waals surface area contributed by atoms with E-state index in [0.717, 1.165) is 78.0 Å². The lowest BCUT2D eigenvalue weighted by Gasteiger charge is -2.31. The Balaban J connectivity index is 1.61. The molecule has 2 N–H and O–H groups in total. The number of guanidine groups is 1. The smallest absolute Gasteiger partial charge is 0.191 e. The lowest BCUT2D eigenvalue weighted by atomic mass is 9.97. The van der Waals surface area contributed by atoms with E-state index in [1.807, 2.05) is 0 Å². The summed E-state index contributed by atoms with van der Waals surface area (Å²) >= 11 is 0. The Morgan fingerprint density at radius 1 is 1.08 bits per heavy atom. The number of rotatable bonds is 10. The van der Waals surface area contributed by atoms with Crippen LogP contribution in [0.15, 0.2) is 4.99 Å². The summed E-state index contributed by atoms with van der Waals surface area (Å²) in [5, 5.41) is 6.87. The average Bonchev–Trinajstić information content (AvgIpc) is 2.69. The van der Waals surface area contributed by atoms with E-state index in [9.17, 15) is 0 Å². The first-order valence-electron chi connectivity index (χ1n) is 10.4. The number of ether oxygens (including phenoxy) is 2. The number of nitrogens with zero attached hydrogens (tertiary/aromatic N) is 3. The number of nitrogens with one attached hydrogen (secondary N) is 2. The van der Waals surface area contributed by atoms with E-state index in [4.69, 9.17) is 14.5 Å². The molecule has 0 atom stereocenters. The van der Waals surface area contributed by atoms with Crippen LogP contribution >= 0.6 is 0 Å². The van der Waals surface area contributed by atoms with Gasteiger partial charge < -0.3 is 25.0 Å². The zero-order valence-electron chi connectivity index (χ0n) is 16.8. The van der Waals surface area contributed by atoms with Crippen LogP contribution in [-0.2, 0) is 9.47 Å². The summed E-state index contributed by atoms with van der Waals surface area (Å²) in [6, 6.07) is 0. The quantitative estimate of drug-likeness (QED) is 0.334. The SMILES string of the molecule is CCNC(=NCC1CCN(CCOC)CC1)NCCCN1CCOCC1. The first-order valence-corrected chi connectivity index (χ1v) is 10.4. The fraction of sp³-hybridized carbons (Fsp3) is 0.947. The molecule has 0 amide bonds. The fourth-order valence-corrected chi connectivity index (χ4v) is 3.51. The second-order valence-corrected chi connectivity index (χ2v) is 7.23. The van der Waals surface area contributed by atoms with Crippen molar-refractivity contribution in [2.24, 2.45) is 10.9 Å². The van der Waals surface area contributed by atoms with Crippen LogP contribution < -0.4 is 10.6 Å². The van der Waals surface area contributed by atoms with Crippen LogP contribution in [0, 0.1) is 5.92 Å². The molecule has 7 nitrogen and oxygen atoms in total. The Kier molecular flexibility index (Phi) is 11.0. The van der Waals surface area contributed by atoms with Crippen molar-refractivity contribution < 1.29 is 9.47 Å². The van der Waals surface area contributed by atoms with Crippen molar-refractivity contribution in [3.8, 4) is 0 Å². The van der Waals surface area contributed by atoms with E-state index in [1.54, 1.807) is 7.11 Å². The van der Waals surface area contributed by atoms with Crippen molar-refractivity contribution in [1.82, 2.24) is 20.4 Å². The molecular weight excluding hydrogens is 330 g/mol. The van der Waals surface area contributed by atoms with Crippen LogP contribution in [0.25, 0.3) is 0 Å². The van der Waals surface area contributed by atoms with Crippen molar-refractivity contribution in [2.45, 2.75) is 26.2 Å². The van der Waals surface area contributed by atoms with Gasteiger partial charge in [0, 0.05) is 46.4 Å². The number of methoxy groups -OCH3 is 1. The molecule has 2 saturated heterocycles. The fourth-order valence-electron chi connectivity index (χ4n) is 3.51. The van der Waals surface area contributed by atoms with Gasteiger partial charge in [-0.05, 0) is 51.7 Å². The Morgan fingerprint density at radius 3 is 2.50 bits per heavy atom. The summed E-state index contributed by atoms with van der Waals surface area (Å²) in [7, 11) is 1.78. The van der Waals surface area contributed by atoms with Crippen molar-refractivity contribution >= 4 is 5.96 Å². The Labute approximate surface area is 159 Å². The van der Waals surface area contributed by atoms with Crippen LogP contribution in [0.3, 0.4) is 0 Å². The van der Waals surface area contributed by atoms with E-state index in [0.29, 0.717) is 5.92 Å². The number of hydrogen-bond donors (Lipinski definition) is 2. The minimum absolute atomic E-state index is 0.706. The zero-order valence-corrected chi connectivity index (χ0v) is 16.8. The number of aliphatic imine (C=N–C) groups is 1. The van der Waals surface area contributed by atoms with E-state index >= 15 is 0 Å². The molecule has 2 rings (SSSR count). The zero-order chi connectivity index (χ0) is 18.5. The summed E-state index contributed by atoms with van der Waals surface area (Å²) in [5.41, 5.74) is 0. The molecule has 2 fully saturated rings. The second-order valence-electron chi connectivity index (χ2n) is 7.23. The number of likely N-dealkylation sites (tertiary alicyclic amines) is 1. The molecule has 0 aromatic carbocycles. The van der Waals surface area contributed by atoms with Crippen LogP contribution in [0.1, 0.15) is 26.2 Å². The van der Waals surface area contributed by atoms with Crippen LogP contribution in [0.4, 0.5) is 0 Å². The van der Waals surface area contributed by atoms with E-state index in [-0.39, 0.29) is 0 Å². The Bertz CT molecular complexity index is 380. The van der Waals surface area contributed by atoms with Gasteiger partial charge in [-0.15, -0.1) is 0 Å². The van der Waals surface area contributed by atoms with Gasteiger partial charge in [0.15, 0.2) is 5.96 Å². The van der Waals surface area contributed by atoms with Gasteiger partial charge in [-0.2, -0.15) is 0 Å². The maximum absolute atomic E-state index is 5.40. The van der Waals surface area contributed by atoms with Crippen LogP contribution in [-0.4, -0.2) is 102 Å². The van der Waals surface area contributed by atoms with Crippen molar-refractivity contribution in [2.75, 3.05) is 85.8 Å². The summed E-state index contributed by atoms with van der Waals surface area (Å²) in [6.07, 6.45) is 3.62. The summed E-state index contributed by atoms with van der Waals surface area (Å²) in [6.45, 7) is 14.2. The molecular formula is C19H39N5O2. The molecule has 2 heterocycles. The monoisotopic (exact) mass is 369 g/mol. The van der Waals surface area contributed by atoms with Gasteiger partial charge in [-0.1, -0.05) is 0 Å². The molecule has 2 aliphatic rings. The van der Waals surface area contributed by atoms with Crippen molar-refractivity contribution in [3.05, 3.63) is 0 Å². The molecule has 0 aromatic heterocycles. The molecule has 152 valence electrons. The lowest BCUT2D eigenvalue weighted by molar-refractivity contribution is 0.0376. The van der Waals surface area contributed by atoms with E-state index in [1.165, 1.54) is 25.9 Å². The molecule has 0 radical (unpaired) electrons. The molecule has 7 heteroatoms. The van der Waals surface area contributed by atoms with E-state index in [2.05, 4.69) is 27.4 Å². The molecule has 0 aliphatic carbocycles. The normalized spacial score (nSPS) is 21.1. The van der Waals surface area contributed by atoms with Gasteiger partial charge >= 0.3 is 0 Å². The molecule has 2 aliphatic heterocycles. The second kappa shape index (κ2) is 13.3. The van der Waals surface area contributed by atoms with Gasteiger partial charge in [-0.3, -0.25) is 9.89 Å². The Morgan fingerprint density at radius 2 is 1.81 bits per heavy atom. The summed E-state index contributed by atoms with van der Waals surface area (Å²) in [4.78, 5) is 9.80. The molecule has 0 aromatic rings. The first-order chi connectivity index (χ1) is 12.8. The standard InChI is InChI=1S/C19H39N5O2/c1-3-20-19(21-7-4-8-23-12-15-26-16-13-23)22-17-18-5-9-24(10-6-18)11-14-25-2/h18H,3-17H2,1-2H3,(H2,20,21,22). The number of hydrogen-bond acceptors (Lipinski definition) is 5. The topological polar surface area (TPSA) is 61.4 Å². The summed E-state index contributed by atoms with van der Waals surface area (Å²) in [5.74, 6) is 1.67. The van der Waals surface area contributed by atoms with Gasteiger partial charge in [0.05, 0.1) is 19.8 Å². The third kappa shape index (κ3) is 8.66. The lowest BCUT2D eigenvalue weighted by Crippen LogP contribution is -2.41. The third-order valence-corrected chi connectivity index (χ3v) is 5.22. The van der Waals surface area contributed by atoms with Gasteiger partial charge in [-0.25, -0.2) is 0 Å². The number of piperidine rings is 1. The van der Waals surface area contributed by atoms with Gasteiger partial charge in [0.25, 0.3) is 0 Å². The molecule has 0 saturated carbocycles.